The maximum atomic E-state index is 6.15. The molecular weight excluding hydrogens is 266 g/mol. The molecule has 1 aliphatic heterocycles. The third-order valence-electron chi connectivity index (χ3n) is 3.17. The summed E-state index contributed by atoms with van der Waals surface area (Å²) in [5.41, 5.74) is 1.02. The molecule has 0 aliphatic carbocycles. The summed E-state index contributed by atoms with van der Waals surface area (Å²) in [5.74, 6) is 3.09. The van der Waals surface area contributed by atoms with Crippen LogP contribution >= 0.6 is 23.4 Å². The van der Waals surface area contributed by atoms with E-state index in [1.165, 1.54) is 5.75 Å². The lowest BCUT2D eigenvalue weighted by atomic mass is 9.92. The van der Waals surface area contributed by atoms with Crippen LogP contribution in [-0.4, -0.2) is 40.0 Å². The molecule has 0 saturated carbocycles. The normalized spacial score (nSPS) is 22.2. The molecule has 1 fully saturated rings. The molecule has 100 valence electrons. The predicted molar refractivity (Wildman–Crippen MR) is 78.4 cm³/mol. The molecule has 0 spiro atoms. The van der Waals surface area contributed by atoms with Gasteiger partial charge in [0.05, 0.1) is 11.7 Å². The van der Waals surface area contributed by atoms with E-state index in [1.54, 1.807) is 0 Å². The Morgan fingerprint density at radius 2 is 2.11 bits per heavy atom. The molecule has 0 bridgehead atoms. The van der Waals surface area contributed by atoms with Crippen molar-refractivity contribution in [2.75, 3.05) is 25.1 Å². The summed E-state index contributed by atoms with van der Waals surface area (Å²) < 4.78 is 0. The highest BCUT2D eigenvalue weighted by Crippen LogP contribution is 2.29. The van der Waals surface area contributed by atoms with E-state index in [-0.39, 0.29) is 11.5 Å². The monoisotopic (exact) mass is 285 g/mol. The van der Waals surface area contributed by atoms with Gasteiger partial charge in [0.15, 0.2) is 0 Å². The molecule has 0 aromatic carbocycles. The molecule has 3 nitrogen and oxygen atoms in total. The van der Waals surface area contributed by atoms with Gasteiger partial charge < -0.3 is 0 Å². The van der Waals surface area contributed by atoms with E-state index in [9.17, 15) is 0 Å². The van der Waals surface area contributed by atoms with Crippen LogP contribution in [0.3, 0.4) is 0 Å². The molecule has 0 radical (unpaired) electrons. The highest BCUT2D eigenvalue weighted by Gasteiger charge is 2.26. The Morgan fingerprint density at radius 3 is 2.72 bits per heavy atom. The number of rotatable bonds is 1. The molecule has 1 saturated heterocycles. The van der Waals surface area contributed by atoms with Gasteiger partial charge in [-0.1, -0.05) is 32.4 Å². The molecule has 2 rings (SSSR count). The molecule has 1 unspecified atom stereocenters. The summed E-state index contributed by atoms with van der Waals surface area (Å²) in [7, 11) is 2.13. The van der Waals surface area contributed by atoms with Gasteiger partial charge in [-0.3, -0.25) is 4.90 Å². The van der Waals surface area contributed by atoms with Crippen LogP contribution in [0, 0.1) is 0 Å². The summed E-state index contributed by atoms with van der Waals surface area (Å²) in [6.45, 7) is 7.52. The van der Waals surface area contributed by atoms with Crippen molar-refractivity contribution in [3.8, 4) is 0 Å². The fourth-order valence-electron chi connectivity index (χ4n) is 1.93. The molecular formula is C13H20ClN3S. The third-order valence-corrected chi connectivity index (χ3v) is 4.39. The Balaban J connectivity index is 2.35. The van der Waals surface area contributed by atoms with Gasteiger partial charge in [0, 0.05) is 23.5 Å². The van der Waals surface area contributed by atoms with Gasteiger partial charge in [0.25, 0.3) is 0 Å². The second kappa shape index (κ2) is 5.35. The summed E-state index contributed by atoms with van der Waals surface area (Å²) in [6, 6.07) is 2.16. The van der Waals surface area contributed by atoms with Crippen molar-refractivity contribution in [1.82, 2.24) is 14.9 Å². The van der Waals surface area contributed by atoms with Gasteiger partial charge in [-0.25, -0.2) is 9.97 Å². The van der Waals surface area contributed by atoms with Crippen molar-refractivity contribution < 1.29 is 0 Å². The Labute approximate surface area is 118 Å². The SMILES string of the molecule is CN1CCSCC1c1nc(Cl)cc(C(C)(C)C)n1. The van der Waals surface area contributed by atoms with Crippen LogP contribution in [0.5, 0.6) is 0 Å². The number of nitrogens with zero attached hydrogens (tertiary/aromatic N) is 3. The predicted octanol–water partition coefficient (Wildman–Crippen LogP) is 3.15. The lowest BCUT2D eigenvalue weighted by molar-refractivity contribution is 0.263. The van der Waals surface area contributed by atoms with Crippen LogP contribution < -0.4 is 0 Å². The Bertz CT molecular complexity index is 431. The maximum absolute atomic E-state index is 6.15. The van der Waals surface area contributed by atoms with Gasteiger partial charge >= 0.3 is 0 Å². The first kappa shape index (κ1) is 14.1. The smallest absolute Gasteiger partial charge is 0.148 e. The van der Waals surface area contributed by atoms with Gasteiger partial charge in [-0.05, 0) is 13.1 Å². The van der Waals surface area contributed by atoms with E-state index < -0.39 is 0 Å². The van der Waals surface area contributed by atoms with Gasteiger partial charge in [-0.15, -0.1) is 0 Å². The van der Waals surface area contributed by atoms with Crippen molar-refractivity contribution in [1.29, 1.82) is 0 Å². The minimum Gasteiger partial charge on any atom is -0.295 e. The zero-order valence-electron chi connectivity index (χ0n) is 11.4. The van der Waals surface area contributed by atoms with Gasteiger partial charge in [0.1, 0.15) is 11.0 Å². The topological polar surface area (TPSA) is 29.0 Å². The van der Waals surface area contributed by atoms with Crippen LogP contribution in [0.4, 0.5) is 0 Å². The Hall–Kier alpha value is -0.320. The van der Waals surface area contributed by atoms with Gasteiger partial charge in [0.2, 0.25) is 0 Å². The third kappa shape index (κ3) is 3.16. The van der Waals surface area contributed by atoms with E-state index in [2.05, 4.69) is 37.7 Å². The average Bonchev–Trinajstić information content (AvgIpc) is 2.27. The molecule has 1 aromatic heterocycles. The molecule has 2 heterocycles. The maximum Gasteiger partial charge on any atom is 0.148 e. The van der Waals surface area contributed by atoms with E-state index >= 15 is 0 Å². The number of halogens is 1. The lowest BCUT2D eigenvalue weighted by Gasteiger charge is -2.31. The molecule has 1 aromatic rings. The second-order valence-corrected chi connectivity index (χ2v) is 7.29. The first-order chi connectivity index (χ1) is 8.38. The summed E-state index contributed by atoms with van der Waals surface area (Å²) in [4.78, 5) is 11.5. The fourth-order valence-corrected chi connectivity index (χ4v) is 3.33. The Kier molecular flexibility index (Phi) is 4.19. The Morgan fingerprint density at radius 1 is 1.39 bits per heavy atom. The summed E-state index contributed by atoms with van der Waals surface area (Å²) in [5, 5.41) is 0.550. The minimum absolute atomic E-state index is 0.00170. The van der Waals surface area contributed by atoms with E-state index in [4.69, 9.17) is 16.6 Å². The van der Waals surface area contributed by atoms with Gasteiger partial charge in [-0.2, -0.15) is 11.8 Å². The van der Waals surface area contributed by atoms with E-state index in [0.29, 0.717) is 5.15 Å². The number of aromatic nitrogens is 2. The van der Waals surface area contributed by atoms with Crippen molar-refractivity contribution in [2.45, 2.75) is 32.2 Å². The van der Waals surface area contributed by atoms with E-state index in [0.717, 1.165) is 23.8 Å². The van der Waals surface area contributed by atoms with Crippen molar-refractivity contribution >= 4 is 23.4 Å². The highest BCUT2D eigenvalue weighted by atomic mass is 35.5. The first-order valence-electron chi connectivity index (χ1n) is 6.21. The number of thioether (sulfide) groups is 1. The zero-order chi connectivity index (χ0) is 13.3. The molecule has 1 aliphatic rings. The van der Waals surface area contributed by atoms with Crippen LogP contribution in [-0.2, 0) is 5.41 Å². The second-order valence-electron chi connectivity index (χ2n) is 5.76. The average molecular weight is 286 g/mol. The van der Waals surface area contributed by atoms with Crippen LogP contribution in [0.15, 0.2) is 6.07 Å². The summed E-state index contributed by atoms with van der Waals surface area (Å²) in [6.07, 6.45) is 0. The highest BCUT2D eigenvalue weighted by molar-refractivity contribution is 7.99. The van der Waals surface area contributed by atoms with Crippen molar-refractivity contribution in [3.05, 3.63) is 22.7 Å². The quantitative estimate of drug-likeness (QED) is 0.741. The van der Waals surface area contributed by atoms with Crippen LogP contribution in [0.1, 0.15) is 38.3 Å². The van der Waals surface area contributed by atoms with Crippen molar-refractivity contribution in [3.63, 3.8) is 0 Å². The molecule has 0 amide bonds. The fraction of sp³-hybridized carbons (Fsp3) is 0.692. The molecule has 0 N–H and O–H groups in total. The van der Waals surface area contributed by atoms with E-state index in [1.807, 2.05) is 17.8 Å². The summed E-state index contributed by atoms with van der Waals surface area (Å²) >= 11 is 8.10. The van der Waals surface area contributed by atoms with Crippen molar-refractivity contribution in [2.24, 2.45) is 0 Å². The standard InChI is InChI=1S/C13H20ClN3S/c1-13(2,3)10-7-11(14)16-12(15-10)9-8-18-6-5-17(9)4/h7,9H,5-6,8H2,1-4H3. The molecule has 18 heavy (non-hydrogen) atoms. The lowest BCUT2D eigenvalue weighted by Crippen LogP contribution is -2.34. The van der Waals surface area contributed by atoms with Crippen LogP contribution in [0.25, 0.3) is 0 Å². The zero-order valence-corrected chi connectivity index (χ0v) is 13.0. The number of hydrogen-bond donors (Lipinski definition) is 0. The largest absolute Gasteiger partial charge is 0.295 e. The van der Waals surface area contributed by atoms with Crippen LogP contribution in [0.2, 0.25) is 5.15 Å². The molecule has 1 atom stereocenters. The first-order valence-corrected chi connectivity index (χ1v) is 7.74. The number of hydrogen-bond acceptors (Lipinski definition) is 4. The molecule has 5 heteroatoms. The minimum atomic E-state index is 0.00170.